The highest BCUT2D eigenvalue weighted by Crippen LogP contribution is 2.51. The van der Waals surface area contributed by atoms with Crippen molar-refractivity contribution in [3.05, 3.63) is 64.6 Å². The number of amides is 2. The summed E-state index contributed by atoms with van der Waals surface area (Å²) in [6.45, 7) is 2.16. The van der Waals surface area contributed by atoms with Crippen molar-refractivity contribution in [1.29, 1.82) is 0 Å². The van der Waals surface area contributed by atoms with Crippen LogP contribution in [-0.4, -0.2) is 66.1 Å². The second-order valence-corrected chi connectivity index (χ2v) is 10.9. The third kappa shape index (κ3) is 5.86. The van der Waals surface area contributed by atoms with E-state index in [2.05, 4.69) is 0 Å². The van der Waals surface area contributed by atoms with E-state index in [9.17, 15) is 29.8 Å². The van der Waals surface area contributed by atoms with Crippen LogP contribution in [0.4, 0.5) is 5.69 Å². The quantitative estimate of drug-likeness (QED) is 0.192. The highest BCUT2D eigenvalue weighted by atomic mass is 16.5. The molecule has 0 saturated carbocycles. The molecule has 4 atom stereocenters. The fraction of sp³-hybridized carbons (Fsp3) is 0.448. The average Bonchev–Trinajstić information content (AvgIpc) is 3.52. The molecule has 3 heterocycles. The number of furan rings is 1. The Morgan fingerprint density at radius 2 is 2.00 bits per heavy atom. The zero-order valence-corrected chi connectivity index (χ0v) is 23.2. The summed E-state index contributed by atoms with van der Waals surface area (Å²) in [5.41, 5.74) is 3.42. The van der Waals surface area contributed by atoms with Crippen LogP contribution in [0.15, 0.2) is 57.5 Å². The summed E-state index contributed by atoms with van der Waals surface area (Å²) in [4.78, 5) is 28.7. The molecule has 0 bridgehead atoms. The van der Waals surface area contributed by atoms with Crippen LogP contribution in [-0.2, 0) is 25.6 Å². The Morgan fingerprint density at radius 1 is 1.20 bits per heavy atom. The van der Waals surface area contributed by atoms with E-state index in [1.165, 1.54) is 12.1 Å². The number of methoxy groups -OCH3 is 1. The first-order valence-electron chi connectivity index (χ1n) is 14.0. The van der Waals surface area contributed by atoms with Gasteiger partial charge in [-0.3, -0.25) is 14.5 Å². The predicted molar refractivity (Wildman–Crippen MR) is 153 cm³/mol. The van der Waals surface area contributed by atoms with Crippen molar-refractivity contribution in [2.45, 2.75) is 51.6 Å². The topological polar surface area (TPSA) is 150 Å². The number of fused-ring (bicyclic) bond motifs is 3. The van der Waals surface area contributed by atoms with Crippen molar-refractivity contribution in [2.24, 2.45) is 17.8 Å². The molecule has 0 spiro atoms. The normalized spacial score (nSPS) is 24.7. The SMILES string of the molecule is CC/C(=C\c1ccc(CO)o1)CC[C@H]1OB(O)C[C@H]2C1=C(COC)C[C@H]1C(=O)N(c3cccc(B(O)O)c3)C(=O)[C@H]12. The van der Waals surface area contributed by atoms with Crippen LogP contribution in [0.5, 0.6) is 0 Å². The van der Waals surface area contributed by atoms with Crippen molar-refractivity contribution in [3.8, 4) is 0 Å². The first-order valence-corrected chi connectivity index (χ1v) is 14.0. The molecule has 0 unspecified atom stereocenters. The molecule has 0 radical (unpaired) electrons. The van der Waals surface area contributed by atoms with E-state index in [0.717, 1.165) is 28.0 Å². The lowest BCUT2D eigenvalue weighted by Gasteiger charge is -2.43. The van der Waals surface area contributed by atoms with Gasteiger partial charge in [0.05, 0.1) is 30.2 Å². The number of carbonyl (C=O) groups is 2. The Bertz CT molecular complexity index is 1350. The number of benzene rings is 1. The smallest absolute Gasteiger partial charge is 0.459 e. The number of hydrogen-bond donors (Lipinski definition) is 4. The first kappa shape index (κ1) is 29.5. The average molecular weight is 563 g/mol. The van der Waals surface area contributed by atoms with Crippen molar-refractivity contribution >= 4 is 43.3 Å². The van der Waals surface area contributed by atoms with Crippen LogP contribution in [0.2, 0.25) is 6.32 Å². The Labute approximate surface area is 239 Å². The summed E-state index contributed by atoms with van der Waals surface area (Å²) in [7, 11) is -1.24. The van der Waals surface area contributed by atoms with Crippen molar-refractivity contribution in [1.82, 2.24) is 0 Å². The van der Waals surface area contributed by atoms with Gasteiger partial charge < -0.3 is 34.0 Å². The van der Waals surface area contributed by atoms with Gasteiger partial charge in [-0.2, -0.15) is 0 Å². The van der Waals surface area contributed by atoms with E-state index >= 15 is 0 Å². The molecule has 2 aromatic rings. The molecule has 12 heteroatoms. The number of anilines is 1. The Morgan fingerprint density at radius 3 is 2.68 bits per heavy atom. The minimum Gasteiger partial charge on any atom is -0.459 e. The van der Waals surface area contributed by atoms with Crippen LogP contribution >= 0.6 is 0 Å². The number of hydrogen-bond acceptors (Lipinski definition) is 9. The minimum atomic E-state index is -1.73. The monoisotopic (exact) mass is 563 g/mol. The number of allylic oxidation sites excluding steroid dienone is 1. The van der Waals surface area contributed by atoms with E-state index in [1.54, 1.807) is 25.3 Å². The number of aliphatic hydroxyl groups is 1. The largest absolute Gasteiger partial charge is 0.488 e. The Balaban J connectivity index is 1.43. The Hall–Kier alpha value is -2.99. The number of aliphatic hydroxyl groups excluding tert-OH is 1. The molecule has 5 rings (SSSR count). The summed E-state index contributed by atoms with van der Waals surface area (Å²) in [6, 6.07) is 9.67. The van der Waals surface area contributed by atoms with E-state index in [-0.39, 0.29) is 36.8 Å². The molecular weight excluding hydrogens is 528 g/mol. The predicted octanol–water partition coefficient (Wildman–Crippen LogP) is 1.67. The molecular formula is C29H35B2NO9. The van der Waals surface area contributed by atoms with Gasteiger partial charge in [-0.1, -0.05) is 24.6 Å². The summed E-state index contributed by atoms with van der Waals surface area (Å²) in [5, 5.41) is 39.3. The van der Waals surface area contributed by atoms with Crippen molar-refractivity contribution in [3.63, 3.8) is 0 Å². The van der Waals surface area contributed by atoms with Gasteiger partial charge in [0.1, 0.15) is 18.1 Å². The third-order valence-electron chi connectivity index (χ3n) is 8.42. The van der Waals surface area contributed by atoms with Crippen LogP contribution in [0.1, 0.15) is 44.1 Å². The highest BCUT2D eigenvalue weighted by Gasteiger charge is 2.57. The lowest BCUT2D eigenvalue weighted by molar-refractivity contribution is -0.122. The lowest BCUT2D eigenvalue weighted by Crippen LogP contribution is -2.46. The number of ether oxygens (including phenoxy) is 1. The number of carbonyl (C=O) groups excluding carboxylic acids is 2. The lowest BCUT2D eigenvalue weighted by atomic mass is 9.58. The van der Waals surface area contributed by atoms with Crippen LogP contribution in [0, 0.1) is 17.8 Å². The maximum absolute atomic E-state index is 13.9. The van der Waals surface area contributed by atoms with Crippen molar-refractivity contribution in [2.75, 3.05) is 18.6 Å². The van der Waals surface area contributed by atoms with Gasteiger partial charge in [0.15, 0.2) is 0 Å². The maximum Gasteiger partial charge on any atom is 0.488 e. The zero-order chi connectivity index (χ0) is 29.3. The molecule has 1 aromatic carbocycles. The number of rotatable bonds is 10. The maximum atomic E-state index is 13.9. The van der Waals surface area contributed by atoms with E-state index in [0.29, 0.717) is 36.5 Å². The van der Waals surface area contributed by atoms with Crippen molar-refractivity contribution < 1.29 is 43.6 Å². The minimum absolute atomic E-state index is 0.170. The molecule has 1 aromatic heterocycles. The standard InChI is InChI=1S/C29H35B2NO9/c1-3-17(11-21-8-9-22(15-33)40-21)7-10-25-26-18(16-39-2)12-23-27(24(26)14-30(36)41-25)29(35)32(28(23)34)20-6-4-5-19(13-20)31(37)38/h4-6,8-9,11,13,23-25,27,33,36-38H,3,7,10,12,14-16H2,1-2H3/b17-11+/t23-,24+,25-,27-/m1/s1. The second kappa shape index (κ2) is 12.5. The molecule has 10 nitrogen and oxygen atoms in total. The highest BCUT2D eigenvalue weighted by molar-refractivity contribution is 6.58. The molecule has 4 N–H and O–H groups in total. The Kier molecular flexibility index (Phi) is 8.98. The first-order chi connectivity index (χ1) is 19.7. The molecule has 2 saturated heterocycles. The van der Waals surface area contributed by atoms with Gasteiger partial charge in [-0.25, -0.2) is 0 Å². The molecule has 41 heavy (non-hydrogen) atoms. The molecule has 2 aliphatic heterocycles. The fourth-order valence-corrected chi connectivity index (χ4v) is 6.58. The summed E-state index contributed by atoms with van der Waals surface area (Å²) in [5.74, 6) is -1.23. The molecule has 216 valence electrons. The summed E-state index contributed by atoms with van der Waals surface area (Å²) < 4.78 is 17.2. The van der Waals surface area contributed by atoms with Crippen LogP contribution in [0.25, 0.3) is 6.08 Å². The van der Waals surface area contributed by atoms with Gasteiger partial charge in [0.25, 0.3) is 0 Å². The summed E-state index contributed by atoms with van der Waals surface area (Å²) in [6.07, 6.45) is 4.01. The van der Waals surface area contributed by atoms with Gasteiger partial charge in [0, 0.05) is 7.11 Å². The second-order valence-electron chi connectivity index (χ2n) is 10.9. The zero-order valence-electron chi connectivity index (χ0n) is 23.2. The molecule has 3 aliphatic rings. The molecule has 1 aliphatic carbocycles. The van der Waals surface area contributed by atoms with Crippen LogP contribution < -0.4 is 10.4 Å². The summed E-state index contributed by atoms with van der Waals surface area (Å²) >= 11 is 0. The molecule has 2 amide bonds. The number of nitrogens with zero attached hydrogens (tertiary/aromatic N) is 1. The van der Waals surface area contributed by atoms with E-state index in [4.69, 9.17) is 13.8 Å². The third-order valence-corrected chi connectivity index (χ3v) is 8.42. The van der Waals surface area contributed by atoms with Crippen LogP contribution in [0.3, 0.4) is 0 Å². The fourth-order valence-electron chi connectivity index (χ4n) is 6.58. The van der Waals surface area contributed by atoms with E-state index < -0.39 is 38.1 Å². The van der Waals surface area contributed by atoms with Gasteiger partial charge in [0.2, 0.25) is 11.8 Å². The number of imide groups is 1. The molecule has 2 fully saturated rings. The van der Waals surface area contributed by atoms with Gasteiger partial charge in [-0.05, 0) is 84.9 Å². The van der Waals surface area contributed by atoms with E-state index in [1.807, 2.05) is 19.1 Å². The van der Waals surface area contributed by atoms with Gasteiger partial charge >= 0.3 is 14.2 Å². The van der Waals surface area contributed by atoms with Gasteiger partial charge in [-0.15, -0.1) is 0 Å².